The predicted octanol–water partition coefficient (Wildman–Crippen LogP) is 6.20. The zero-order valence-corrected chi connectivity index (χ0v) is 27.0. The highest BCUT2D eigenvalue weighted by atomic mass is 79.9. The van der Waals surface area contributed by atoms with Crippen molar-refractivity contribution in [3.8, 4) is 0 Å². The summed E-state index contributed by atoms with van der Waals surface area (Å²) < 4.78 is 43.5. The van der Waals surface area contributed by atoms with Gasteiger partial charge in [0.05, 0.1) is 10.6 Å². The van der Waals surface area contributed by atoms with Crippen molar-refractivity contribution in [2.24, 2.45) is 5.92 Å². The Morgan fingerprint density at radius 2 is 1.45 bits per heavy atom. The summed E-state index contributed by atoms with van der Waals surface area (Å²) in [5, 5.41) is 2.97. The first kappa shape index (κ1) is 32.9. The SMILES string of the molecule is CC(C)CNC(=O)[C@H](Cc1ccccc1)N(Cc1cccc(Br)c1)C(=O)CN(c1ccc(F)cc1)S(=O)(=O)c1ccccc1. The van der Waals surface area contributed by atoms with Crippen LogP contribution in [0, 0.1) is 11.7 Å². The normalized spacial score (nSPS) is 12.0. The molecule has 0 aliphatic heterocycles. The summed E-state index contributed by atoms with van der Waals surface area (Å²) in [6.45, 7) is 3.80. The third-order valence-corrected chi connectivity index (χ3v) is 9.20. The second-order valence-corrected chi connectivity index (χ2v) is 13.6. The number of amides is 2. The van der Waals surface area contributed by atoms with Gasteiger partial charge in [-0.15, -0.1) is 0 Å². The third-order valence-electron chi connectivity index (χ3n) is 6.92. The van der Waals surface area contributed by atoms with Gasteiger partial charge in [0.25, 0.3) is 10.0 Å². The van der Waals surface area contributed by atoms with Crippen molar-refractivity contribution in [1.82, 2.24) is 10.2 Å². The molecule has 7 nitrogen and oxygen atoms in total. The minimum Gasteiger partial charge on any atom is -0.354 e. The van der Waals surface area contributed by atoms with Crippen LogP contribution >= 0.6 is 15.9 Å². The topological polar surface area (TPSA) is 86.8 Å². The molecule has 4 aromatic carbocycles. The van der Waals surface area contributed by atoms with E-state index in [1.165, 1.54) is 29.2 Å². The predicted molar refractivity (Wildman–Crippen MR) is 174 cm³/mol. The highest BCUT2D eigenvalue weighted by molar-refractivity contribution is 9.10. The van der Waals surface area contributed by atoms with E-state index in [4.69, 9.17) is 0 Å². The Kier molecular flexibility index (Phi) is 11.3. The van der Waals surface area contributed by atoms with Crippen LogP contribution in [0.3, 0.4) is 0 Å². The van der Waals surface area contributed by atoms with Crippen LogP contribution in [-0.2, 0) is 32.6 Å². The summed E-state index contributed by atoms with van der Waals surface area (Å²) in [6, 6.07) is 28.5. The van der Waals surface area contributed by atoms with Crippen molar-refractivity contribution in [3.05, 3.63) is 131 Å². The minimum atomic E-state index is -4.25. The van der Waals surface area contributed by atoms with Gasteiger partial charge in [-0.25, -0.2) is 12.8 Å². The maximum Gasteiger partial charge on any atom is 0.264 e. The van der Waals surface area contributed by atoms with Crippen LogP contribution in [0.2, 0.25) is 0 Å². The van der Waals surface area contributed by atoms with Crippen molar-refractivity contribution in [2.45, 2.75) is 37.8 Å². The zero-order valence-electron chi connectivity index (χ0n) is 24.6. The van der Waals surface area contributed by atoms with Crippen molar-refractivity contribution >= 4 is 43.5 Å². The Morgan fingerprint density at radius 3 is 2.07 bits per heavy atom. The van der Waals surface area contributed by atoms with Gasteiger partial charge in [-0.1, -0.05) is 90.4 Å². The minimum absolute atomic E-state index is 0.0221. The number of nitrogens with zero attached hydrogens (tertiary/aromatic N) is 2. The number of halogens is 2. The van der Waals surface area contributed by atoms with E-state index in [-0.39, 0.29) is 35.4 Å². The van der Waals surface area contributed by atoms with E-state index in [0.717, 1.165) is 32.0 Å². The number of hydrogen-bond acceptors (Lipinski definition) is 4. The third kappa shape index (κ3) is 8.76. The Balaban J connectivity index is 1.79. The van der Waals surface area contributed by atoms with Gasteiger partial charge in [-0.2, -0.15) is 0 Å². The van der Waals surface area contributed by atoms with Gasteiger partial charge < -0.3 is 10.2 Å². The fraction of sp³-hybridized carbons (Fsp3) is 0.235. The lowest BCUT2D eigenvalue weighted by Gasteiger charge is -2.34. The summed E-state index contributed by atoms with van der Waals surface area (Å²) in [4.78, 5) is 29.6. The van der Waals surface area contributed by atoms with Gasteiger partial charge in [-0.05, 0) is 65.6 Å². The first-order valence-corrected chi connectivity index (χ1v) is 16.5. The van der Waals surface area contributed by atoms with Crippen LogP contribution in [0.1, 0.15) is 25.0 Å². The molecule has 0 radical (unpaired) electrons. The van der Waals surface area contributed by atoms with Gasteiger partial charge in [0.2, 0.25) is 11.8 Å². The van der Waals surface area contributed by atoms with E-state index in [1.807, 2.05) is 68.4 Å². The van der Waals surface area contributed by atoms with E-state index in [0.29, 0.717) is 6.54 Å². The fourth-order valence-electron chi connectivity index (χ4n) is 4.66. The van der Waals surface area contributed by atoms with Gasteiger partial charge in [0.15, 0.2) is 0 Å². The van der Waals surface area contributed by atoms with Gasteiger partial charge in [-0.3, -0.25) is 13.9 Å². The first-order chi connectivity index (χ1) is 21.0. The highest BCUT2D eigenvalue weighted by Gasteiger charge is 2.34. The number of anilines is 1. The molecular weight excluding hydrogens is 645 g/mol. The van der Waals surface area contributed by atoms with Crippen molar-refractivity contribution in [1.29, 1.82) is 0 Å². The molecule has 0 aliphatic carbocycles. The molecule has 0 saturated heterocycles. The van der Waals surface area contributed by atoms with Crippen molar-refractivity contribution in [3.63, 3.8) is 0 Å². The second-order valence-electron chi connectivity index (χ2n) is 10.8. The molecule has 0 aromatic heterocycles. The number of nitrogens with one attached hydrogen (secondary N) is 1. The number of sulfonamides is 1. The first-order valence-electron chi connectivity index (χ1n) is 14.2. The second kappa shape index (κ2) is 15.1. The maximum absolute atomic E-state index is 14.4. The molecule has 230 valence electrons. The number of rotatable bonds is 13. The number of hydrogen-bond donors (Lipinski definition) is 1. The van der Waals surface area contributed by atoms with E-state index in [2.05, 4.69) is 21.2 Å². The molecule has 0 heterocycles. The largest absolute Gasteiger partial charge is 0.354 e. The lowest BCUT2D eigenvalue weighted by molar-refractivity contribution is -0.140. The molecule has 4 aromatic rings. The van der Waals surface area contributed by atoms with Crippen molar-refractivity contribution < 1.29 is 22.4 Å². The summed E-state index contributed by atoms with van der Waals surface area (Å²) in [5.74, 6) is -1.30. The average molecular weight is 681 g/mol. The van der Waals surface area contributed by atoms with E-state index in [9.17, 15) is 22.4 Å². The fourth-order valence-corrected chi connectivity index (χ4v) is 6.55. The van der Waals surface area contributed by atoms with Crippen LogP contribution in [-0.4, -0.2) is 44.3 Å². The Hall–Kier alpha value is -4.02. The zero-order chi connectivity index (χ0) is 31.7. The smallest absolute Gasteiger partial charge is 0.264 e. The molecule has 0 aliphatic rings. The molecule has 1 atom stereocenters. The Labute approximate surface area is 266 Å². The van der Waals surface area contributed by atoms with Gasteiger partial charge in [0.1, 0.15) is 18.4 Å². The molecule has 10 heteroatoms. The molecule has 44 heavy (non-hydrogen) atoms. The molecule has 0 unspecified atom stereocenters. The monoisotopic (exact) mass is 679 g/mol. The van der Waals surface area contributed by atoms with Gasteiger partial charge in [0, 0.05) is 24.0 Å². The number of benzene rings is 4. The van der Waals surface area contributed by atoms with Crippen LogP contribution in [0.15, 0.2) is 119 Å². The molecule has 0 saturated carbocycles. The summed E-state index contributed by atoms with van der Waals surface area (Å²) in [5.41, 5.74) is 1.72. The molecule has 0 fully saturated rings. The lowest BCUT2D eigenvalue weighted by Crippen LogP contribution is -2.53. The molecule has 2 amide bonds. The lowest BCUT2D eigenvalue weighted by atomic mass is 10.0. The van der Waals surface area contributed by atoms with Crippen LogP contribution < -0.4 is 9.62 Å². The van der Waals surface area contributed by atoms with E-state index >= 15 is 0 Å². The average Bonchev–Trinajstić information content (AvgIpc) is 3.01. The van der Waals surface area contributed by atoms with Gasteiger partial charge >= 0.3 is 0 Å². The van der Waals surface area contributed by atoms with E-state index < -0.39 is 34.3 Å². The Morgan fingerprint density at radius 1 is 0.841 bits per heavy atom. The summed E-state index contributed by atoms with van der Waals surface area (Å²) in [7, 11) is -4.25. The molecule has 0 spiro atoms. The number of carbonyl (C=O) groups excluding carboxylic acids is 2. The molecule has 0 bridgehead atoms. The Bertz CT molecular complexity index is 1650. The molecular formula is C34H35BrFN3O4S. The van der Waals surface area contributed by atoms with Crippen LogP contribution in [0.4, 0.5) is 10.1 Å². The molecule has 1 N–H and O–H groups in total. The van der Waals surface area contributed by atoms with Crippen LogP contribution in [0.5, 0.6) is 0 Å². The number of carbonyl (C=O) groups is 2. The highest BCUT2D eigenvalue weighted by Crippen LogP contribution is 2.25. The summed E-state index contributed by atoms with van der Waals surface area (Å²) in [6.07, 6.45) is 0.215. The quantitative estimate of drug-likeness (QED) is 0.182. The maximum atomic E-state index is 14.4. The van der Waals surface area contributed by atoms with Crippen LogP contribution in [0.25, 0.3) is 0 Å². The summed E-state index contributed by atoms with van der Waals surface area (Å²) >= 11 is 3.48. The standard InChI is InChI=1S/C34H35BrFN3O4S/c1-25(2)22-37-34(41)32(21-26-10-5-3-6-11-26)38(23-27-12-9-13-28(35)20-27)33(40)24-39(30-18-16-29(36)17-19-30)44(42,43)31-14-7-4-8-15-31/h3-20,25,32H,21-24H2,1-2H3,(H,37,41)/t32-/m0/s1. The van der Waals surface area contributed by atoms with E-state index in [1.54, 1.807) is 18.2 Å². The molecule has 4 rings (SSSR count). The van der Waals surface area contributed by atoms with Crippen molar-refractivity contribution in [2.75, 3.05) is 17.4 Å².